The lowest BCUT2D eigenvalue weighted by atomic mass is 9.77. The van der Waals surface area contributed by atoms with Crippen molar-refractivity contribution >= 4 is 23.4 Å². The van der Waals surface area contributed by atoms with Gasteiger partial charge in [-0.2, -0.15) is 0 Å². The number of nitrogens with zero attached hydrogens (tertiary/aromatic N) is 1. The summed E-state index contributed by atoms with van der Waals surface area (Å²) in [6.45, 7) is 0.0293. The monoisotopic (exact) mass is 467 g/mol. The van der Waals surface area contributed by atoms with Crippen LogP contribution in [0.2, 0.25) is 0 Å². The molecular weight excluding hydrogens is 446 g/mol. The van der Waals surface area contributed by atoms with Gasteiger partial charge >= 0.3 is 0 Å². The Morgan fingerprint density at radius 1 is 0.800 bits per heavy atom. The lowest BCUT2D eigenvalue weighted by Gasteiger charge is -2.27. The maximum atomic E-state index is 13.8. The van der Waals surface area contributed by atoms with E-state index in [1.807, 2.05) is 6.07 Å². The molecule has 2 fully saturated rings. The van der Waals surface area contributed by atoms with Gasteiger partial charge in [0.05, 0.1) is 31.6 Å². The summed E-state index contributed by atoms with van der Waals surface area (Å²) in [5, 5.41) is 0. The van der Waals surface area contributed by atoms with Gasteiger partial charge in [-0.1, -0.05) is 66.7 Å². The van der Waals surface area contributed by atoms with Gasteiger partial charge in [-0.05, 0) is 23.3 Å². The minimum absolute atomic E-state index is 0.0293. The average Bonchev–Trinajstić information content (AvgIpc) is 3.46. The maximum Gasteiger partial charge on any atom is 0.237 e. The Morgan fingerprint density at radius 2 is 1.40 bits per heavy atom. The first-order valence-electron chi connectivity index (χ1n) is 11.4. The Labute approximate surface area is 201 Å². The maximum absolute atomic E-state index is 13.8. The van der Waals surface area contributed by atoms with Crippen LogP contribution in [-0.2, 0) is 20.9 Å². The Bertz CT molecular complexity index is 1350. The normalized spacial score (nSPS) is 24.3. The summed E-state index contributed by atoms with van der Waals surface area (Å²) in [5.74, 6) is -3.68. The summed E-state index contributed by atoms with van der Waals surface area (Å²) in [6.07, 6.45) is -0.902. The molecule has 35 heavy (non-hydrogen) atoms. The molecule has 6 rings (SSSR count). The standard InChI is InChI=1S/C28H21NO6/c1-34-18-13-11-16(12-14-18)15-29-26(32)21-22(27(29)33)28(35-23(21)17-7-3-2-4-8-17)24(30)19-9-5-6-10-20(19)25(28)31/h2-14,21-23H,15H2,1H3/t21-,22+,23+/m0/s1. The number of hydrogen-bond acceptors (Lipinski definition) is 6. The Kier molecular flexibility index (Phi) is 4.72. The van der Waals surface area contributed by atoms with Gasteiger partial charge in [-0.15, -0.1) is 0 Å². The van der Waals surface area contributed by atoms with E-state index in [0.29, 0.717) is 11.3 Å². The van der Waals surface area contributed by atoms with E-state index >= 15 is 0 Å². The predicted molar refractivity (Wildman–Crippen MR) is 124 cm³/mol. The van der Waals surface area contributed by atoms with Crippen LogP contribution in [0.3, 0.4) is 0 Å². The number of imide groups is 1. The zero-order chi connectivity index (χ0) is 24.3. The molecule has 3 aromatic rings. The summed E-state index contributed by atoms with van der Waals surface area (Å²) in [5.41, 5.74) is -0.233. The molecule has 2 amide bonds. The third-order valence-corrected chi connectivity index (χ3v) is 7.24. The minimum atomic E-state index is -2.05. The van der Waals surface area contributed by atoms with Gasteiger partial charge in [0, 0.05) is 11.1 Å². The quantitative estimate of drug-likeness (QED) is 0.432. The van der Waals surface area contributed by atoms with Crippen LogP contribution in [0.5, 0.6) is 5.75 Å². The number of ketones is 2. The molecule has 3 aliphatic rings. The van der Waals surface area contributed by atoms with E-state index in [4.69, 9.17) is 9.47 Å². The average molecular weight is 467 g/mol. The Morgan fingerprint density at radius 3 is 2.00 bits per heavy atom. The number of ether oxygens (including phenoxy) is 2. The van der Waals surface area contributed by atoms with E-state index in [-0.39, 0.29) is 17.7 Å². The number of amides is 2. The Hall–Kier alpha value is -4.10. The van der Waals surface area contributed by atoms with Crippen LogP contribution in [0.1, 0.15) is 37.9 Å². The molecule has 0 radical (unpaired) electrons. The number of likely N-dealkylation sites (tertiary alicyclic amines) is 1. The van der Waals surface area contributed by atoms with E-state index in [1.165, 1.54) is 0 Å². The molecule has 0 bridgehead atoms. The highest BCUT2D eigenvalue weighted by Crippen LogP contribution is 2.57. The van der Waals surface area contributed by atoms with Crippen molar-refractivity contribution in [3.8, 4) is 5.75 Å². The molecule has 2 saturated heterocycles. The molecule has 0 saturated carbocycles. The molecule has 7 nitrogen and oxygen atoms in total. The SMILES string of the molecule is COc1ccc(CN2C(=O)[C@@H]3[C@@H](c4ccccc4)OC4(C(=O)c5ccccc5C4=O)[C@H]3C2=O)cc1. The van der Waals surface area contributed by atoms with Crippen molar-refractivity contribution < 1.29 is 28.7 Å². The van der Waals surface area contributed by atoms with E-state index in [2.05, 4.69) is 0 Å². The number of carbonyl (C=O) groups is 4. The lowest BCUT2D eigenvalue weighted by Crippen LogP contribution is -2.50. The first-order chi connectivity index (χ1) is 17.0. The second kappa shape index (κ2) is 7.71. The van der Waals surface area contributed by atoms with E-state index in [1.54, 1.807) is 79.9 Å². The smallest absolute Gasteiger partial charge is 0.237 e. The van der Waals surface area contributed by atoms with E-state index < -0.39 is 46.9 Å². The number of Topliss-reactive ketones (excluding diaryl/α,β-unsaturated/α-hetero) is 2. The van der Waals surface area contributed by atoms with Crippen LogP contribution in [0.25, 0.3) is 0 Å². The van der Waals surface area contributed by atoms with Crippen molar-refractivity contribution in [2.24, 2.45) is 11.8 Å². The zero-order valence-electron chi connectivity index (χ0n) is 18.8. The van der Waals surface area contributed by atoms with Crippen molar-refractivity contribution in [2.75, 3.05) is 7.11 Å². The fourth-order valence-corrected chi connectivity index (χ4v) is 5.59. The van der Waals surface area contributed by atoms with Crippen LogP contribution in [0.15, 0.2) is 78.9 Å². The van der Waals surface area contributed by atoms with Crippen molar-refractivity contribution in [1.82, 2.24) is 4.90 Å². The third-order valence-electron chi connectivity index (χ3n) is 7.24. The van der Waals surface area contributed by atoms with Gasteiger partial charge in [0.2, 0.25) is 29.0 Å². The number of hydrogen-bond donors (Lipinski definition) is 0. The molecule has 3 atom stereocenters. The van der Waals surface area contributed by atoms with Crippen molar-refractivity contribution in [3.05, 3.63) is 101 Å². The molecule has 0 N–H and O–H groups in total. The molecule has 0 aromatic heterocycles. The molecule has 174 valence electrons. The highest BCUT2D eigenvalue weighted by Gasteiger charge is 2.74. The molecule has 0 unspecified atom stereocenters. The van der Waals surface area contributed by atoms with E-state index in [9.17, 15) is 19.2 Å². The second-order valence-electron chi connectivity index (χ2n) is 9.00. The largest absolute Gasteiger partial charge is 0.497 e. The summed E-state index contributed by atoms with van der Waals surface area (Å²) in [6, 6.07) is 22.5. The molecule has 2 heterocycles. The van der Waals surface area contributed by atoms with Gasteiger partial charge in [-0.3, -0.25) is 24.1 Å². The Balaban J connectivity index is 1.45. The van der Waals surface area contributed by atoms with Gasteiger partial charge < -0.3 is 9.47 Å². The highest BCUT2D eigenvalue weighted by molar-refractivity contribution is 6.35. The first kappa shape index (κ1) is 21.4. The summed E-state index contributed by atoms with van der Waals surface area (Å²) >= 11 is 0. The number of fused-ring (bicyclic) bond motifs is 3. The van der Waals surface area contributed by atoms with Crippen molar-refractivity contribution in [2.45, 2.75) is 18.2 Å². The van der Waals surface area contributed by atoms with Crippen molar-refractivity contribution in [3.63, 3.8) is 0 Å². The summed E-state index contributed by atoms with van der Waals surface area (Å²) in [4.78, 5) is 56.1. The van der Waals surface area contributed by atoms with E-state index in [0.717, 1.165) is 10.5 Å². The second-order valence-corrected chi connectivity index (χ2v) is 9.00. The highest BCUT2D eigenvalue weighted by atomic mass is 16.5. The van der Waals surface area contributed by atoms with Crippen LogP contribution in [0, 0.1) is 11.8 Å². The van der Waals surface area contributed by atoms with Gasteiger partial charge in [0.1, 0.15) is 5.75 Å². The minimum Gasteiger partial charge on any atom is -0.497 e. The fraction of sp³-hybridized carbons (Fsp3) is 0.214. The van der Waals surface area contributed by atoms with Crippen LogP contribution in [0.4, 0.5) is 0 Å². The van der Waals surface area contributed by atoms with Crippen molar-refractivity contribution in [1.29, 1.82) is 0 Å². The van der Waals surface area contributed by atoms with Gasteiger partial charge in [0.25, 0.3) is 0 Å². The van der Waals surface area contributed by atoms with Crippen LogP contribution in [-0.4, -0.2) is 41.0 Å². The fourth-order valence-electron chi connectivity index (χ4n) is 5.59. The topological polar surface area (TPSA) is 90.0 Å². The molecule has 3 aromatic carbocycles. The van der Waals surface area contributed by atoms with Gasteiger partial charge in [0.15, 0.2) is 0 Å². The summed E-state index contributed by atoms with van der Waals surface area (Å²) < 4.78 is 11.4. The predicted octanol–water partition coefficient (Wildman–Crippen LogP) is 3.39. The number of rotatable bonds is 4. The number of methoxy groups -OCH3 is 1. The van der Waals surface area contributed by atoms with Crippen LogP contribution >= 0.6 is 0 Å². The number of benzene rings is 3. The van der Waals surface area contributed by atoms with Crippen LogP contribution < -0.4 is 4.74 Å². The molecule has 7 heteroatoms. The summed E-state index contributed by atoms with van der Waals surface area (Å²) in [7, 11) is 1.56. The molecular formula is C28H21NO6. The van der Waals surface area contributed by atoms with Gasteiger partial charge in [-0.25, -0.2) is 0 Å². The first-order valence-corrected chi connectivity index (χ1v) is 11.4. The lowest BCUT2D eigenvalue weighted by molar-refractivity contribution is -0.145. The zero-order valence-corrected chi connectivity index (χ0v) is 18.8. The molecule has 1 aliphatic carbocycles. The molecule has 2 aliphatic heterocycles. The third kappa shape index (κ3) is 2.88. The molecule has 1 spiro atoms. The number of carbonyl (C=O) groups excluding carboxylic acids is 4.